The fourth-order valence-electron chi connectivity index (χ4n) is 3.41. The number of carbonyl (C=O) groups is 1. The molecule has 0 aliphatic rings. The van der Waals surface area contributed by atoms with Crippen molar-refractivity contribution in [2.45, 2.75) is 26.1 Å². The number of nitrogens with zero attached hydrogens (tertiary/aromatic N) is 4. The Morgan fingerprint density at radius 1 is 1.00 bits per heavy atom. The van der Waals surface area contributed by atoms with Gasteiger partial charge in [-0.2, -0.15) is 18.3 Å². The number of esters is 1. The van der Waals surface area contributed by atoms with E-state index in [0.29, 0.717) is 16.7 Å². The van der Waals surface area contributed by atoms with Crippen LogP contribution >= 0.6 is 0 Å². The van der Waals surface area contributed by atoms with Crippen LogP contribution in [0.25, 0.3) is 16.7 Å². The largest absolute Gasteiger partial charge is 0.444 e. The lowest BCUT2D eigenvalue weighted by molar-refractivity contribution is -0.207. The van der Waals surface area contributed by atoms with E-state index in [1.807, 2.05) is 0 Å². The summed E-state index contributed by atoms with van der Waals surface area (Å²) in [5.74, 6) is -1.11. The molecule has 0 amide bonds. The normalized spacial score (nSPS) is 12.7. The van der Waals surface area contributed by atoms with Crippen LogP contribution in [0.4, 0.5) is 13.2 Å². The van der Waals surface area contributed by atoms with Crippen LogP contribution in [0.5, 0.6) is 0 Å². The molecule has 31 heavy (non-hydrogen) atoms. The van der Waals surface area contributed by atoms with Crippen molar-refractivity contribution in [3.63, 3.8) is 0 Å². The molecular formula is C22H17F3N4O2. The Bertz CT molecular complexity index is 1250. The second-order valence-corrected chi connectivity index (χ2v) is 6.92. The van der Waals surface area contributed by atoms with E-state index < -0.39 is 18.2 Å². The standard InChI is InChI=1S/C22H17F3N4O2/c1-13-19(14(2)29(28-13)16-6-4-3-5-7-16)20(22(23,24)25)31-21(30)15-8-9-17-18(12-15)27-11-10-26-17/h3-12,20H,1-2H3. The number of carbonyl (C=O) groups excluding carboxylic acids is 1. The number of alkyl halides is 3. The Balaban J connectivity index is 1.71. The molecule has 0 saturated carbocycles. The summed E-state index contributed by atoms with van der Waals surface area (Å²) in [7, 11) is 0. The number of fused-ring (bicyclic) bond motifs is 1. The van der Waals surface area contributed by atoms with E-state index in [0.717, 1.165) is 0 Å². The highest BCUT2D eigenvalue weighted by Gasteiger charge is 2.47. The van der Waals surface area contributed by atoms with Gasteiger partial charge in [0.05, 0.1) is 28.0 Å². The molecule has 1 unspecified atom stereocenters. The van der Waals surface area contributed by atoms with Crippen LogP contribution in [-0.2, 0) is 4.74 Å². The number of halogens is 3. The second-order valence-electron chi connectivity index (χ2n) is 6.92. The van der Waals surface area contributed by atoms with Gasteiger partial charge in [-0.05, 0) is 44.2 Å². The van der Waals surface area contributed by atoms with E-state index in [4.69, 9.17) is 4.74 Å². The average molecular weight is 426 g/mol. The maximum Gasteiger partial charge on any atom is 0.430 e. The summed E-state index contributed by atoms with van der Waals surface area (Å²) in [6, 6.07) is 13.0. The molecule has 6 nitrogen and oxygen atoms in total. The molecule has 2 heterocycles. The van der Waals surface area contributed by atoms with Crippen molar-refractivity contribution in [3.8, 4) is 5.69 Å². The second kappa shape index (κ2) is 7.82. The first kappa shape index (κ1) is 20.5. The van der Waals surface area contributed by atoms with Crippen molar-refractivity contribution >= 4 is 17.0 Å². The van der Waals surface area contributed by atoms with Gasteiger partial charge in [-0.15, -0.1) is 0 Å². The fourth-order valence-corrected chi connectivity index (χ4v) is 3.41. The molecule has 2 aromatic carbocycles. The number of aromatic nitrogens is 4. The van der Waals surface area contributed by atoms with Crippen molar-refractivity contribution in [1.29, 1.82) is 0 Å². The Morgan fingerprint density at radius 2 is 1.68 bits per heavy atom. The monoisotopic (exact) mass is 426 g/mol. The van der Waals surface area contributed by atoms with Crippen molar-refractivity contribution < 1.29 is 22.7 Å². The first-order chi connectivity index (χ1) is 14.8. The van der Waals surface area contributed by atoms with Crippen molar-refractivity contribution in [1.82, 2.24) is 19.7 Å². The van der Waals surface area contributed by atoms with Crippen LogP contribution in [0.15, 0.2) is 60.9 Å². The van der Waals surface area contributed by atoms with Gasteiger partial charge < -0.3 is 4.74 Å². The summed E-state index contributed by atoms with van der Waals surface area (Å²) in [5, 5.41) is 4.24. The molecule has 2 aromatic heterocycles. The highest BCUT2D eigenvalue weighted by atomic mass is 19.4. The molecule has 0 N–H and O–H groups in total. The fraction of sp³-hybridized carbons (Fsp3) is 0.182. The van der Waals surface area contributed by atoms with Gasteiger partial charge in [-0.1, -0.05) is 18.2 Å². The third-order valence-electron chi connectivity index (χ3n) is 4.84. The summed E-state index contributed by atoms with van der Waals surface area (Å²) >= 11 is 0. The van der Waals surface area contributed by atoms with Crippen LogP contribution in [0.1, 0.15) is 33.4 Å². The van der Waals surface area contributed by atoms with E-state index in [1.165, 1.54) is 49.1 Å². The van der Waals surface area contributed by atoms with Crippen LogP contribution in [0.3, 0.4) is 0 Å². The minimum Gasteiger partial charge on any atom is -0.444 e. The number of hydrogen-bond donors (Lipinski definition) is 0. The number of aryl methyl sites for hydroxylation is 1. The Labute approximate surface area is 175 Å². The lowest BCUT2D eigenvalue weighted by Crippen LogP contribution is -2.27. The van der Waals surface area contributed by atoms with Gasteiger partial charge in [-0.3, -0.25) is 9.97 Å². The zero-order valence-electron chi connectivity index (χ0n) is 16.6. The quantitative estimate of drug-likeness (QED) is 0.435. The molecule has 0 fully saturated rings. The average Bonchev–Trinajstić information content (AvgIpc) is 3.05. The van der Waals surface area contributed by atoms with Crippen molar-refractivity contribution in [2.75, 3.05) is 0 Å². The van der Waals surface area contributed by atoms with E-state index in [-0.39, 0.29) is 22.5 Å². The molecule has 4 aromatic rings. The number of hydrogen-bond acceptors (Lipinski definition) is 5. The zero-order chi connectivity index (χ0) is 22.2. The number of benzene rings is 2. The molecule has 0 bridgehead atoms. The van der Waals surface area contributed by atoms with Gasteiger partial charge in [-0.25, -0.2) is 9.48 Å². The predicted molar refractivity (Wildman–Crippen MR) is 107 cm³/mol. The van der Waals surface area contributed by atoms with Gasteiger partial charge in [0.15, 0.2) is 0 Å². The SMILES string of the molecule is Cc1nn(-c2ccccc2)c(C)c1C(OC(=O)c1ccc2nccnc2c1)C(F)(F)F. The molecule has 0 radical (unpaired) electrons. The molecule has 0 aliphatic heterocycles. The van der Waals surface area contributed by atoms with Gasteiger partial charge in [0.1, 0.15) is 0 Å². The summed E-state index contributed by atoms with van der Waals surface area (Å²) < 4.78 is 48.3. The van der Waals surface area contributed by atoms with Gasteiger partial charge in [0.25, 0.3) is 0 Å². The molecule has 9 heteroatoms. The predicted octanol–water partition coefficient (Wildman–Crippen LogP) is 4.89. The number of para-hydroxylation sites is 1. The first-order valence-electron chi connectivity index (χ1n) is 9.35. The lowest BCUT2D eigenvalue weighted by Gasteiger charge is -2.21. The summed E-state index contributed by atoms with van der Waals surface area (Å²) in [5.41, 5.74) is 1.63. The molecular weight excluding hydrogens is 409 g/mol. The van der Waals surface area contributed by atoms with Crippen molar-refractivity contribution in [2.24, 2.45) is 0 Å². The first-order valence-corrected chi connectivity index (χ1v) is 9.35. The molecule has 4 rings (SSSR count). The molecule has 0 saturated heterocycles. The molecule has 1 atom stereocenters. The minimum absolute atomic E-state index is 0.0481. The maximum absolute atomic E-state index is 14.0. The van der Waals surface area contributed by atoms with Gasteiger partial charge >= 0.3 is 12.1 Å². The van der Waals surface area contributed by atoms with Gasteiger partial charge in [0, 0.05) is 23.7 Å². The summed E-state index contributed by atoms with van der Waals surface area (Å²) in [6.45, 7) is 2.97. The van der Waals surface area contributed by atoms with E-state index in [2.05, 4.69) is 15.1 Å². The Morgan fingerprint density at radius 3 is 2.35 bits per heavy atom. The van der Waals surface area contributed by atoms with Crippen LogP contribution in [-0.4, -0.2) is 31.9 Å². The van der Waals surface area contributed by atoms with E-state index >= 15 is 0 Å². The maximum atomic E-state index is 14.0. The lowest BCUT2D eigenvalue weighted by atomic mass is 10.1. The smallest absolute Gasteiger partial charge is 0.430 e. The number of rotatable bonds is 4. The number of ether oxygens (including phenoxy) is 1. The van der Waals surface area contributed by atoms with Crippen LogP contribution in [0.2, 0.25) is 0 Å². The van der Waals surface area contributed by atoms with E-state index in [9.17, 15) is 18.0 Å². The highest BCUT2D eigenvalue weighted by molar-refractivity contribution is 5.93. The minimum atomic E-state index is -4.83. The van der Waals surface area contributed by atoms with Crippen LogP contribution < -0.4 is 0 Å². The Hall–Kier alpha value is -3.75. The van der Waals surface area contributed by atoms with Gasteiger partial charge in [0.2, 0.25) is 6.10 Å². The summed E-state index contributed by atoms with van der Waals surface area (Å²) in [4.78, 5) is 20.8. The third-order valence-corrected chi connectivity index (χ3v) is 4.84. The van der Waals surface area contributed by atoms with Crippen LogP contribution in [0, 0.1) is 13.8 Å². The third kappa shape index (κ3) is 3.98. The zero-order valence-corrected chi connectivity index (χ0v) is 16.6. The summed E-state index contributed by atoms with van der Waals surface area (Å²) in [6.07, 6.45) is -4.38. The topological polar surface area (TPSA) is 69.9 Å². The van der Waals surface area contributed by atoms with Crippen molar-refractivity contribution in [3.05, 3.63) is 83.4 Å². The Kier molecular flexibility index (Phi) is 5.18. The van der Waals surface area contributed by atoms with E-state index in [1.54, 1.807) is 30.3 Å². The highest BCUT2D eigenvalue weighted by Crippen LogP contribution is 2.40. The molecule has 0 aliphatic carbocycles. The molecule has 0 spiro atoms. The molecule has 158 valence electrons.